The topological polar surface area (TPSA) is 79.6 Å². The first-order valence-electron chi connectivity index (χ1n) is 9.31. The molecule has 0 spiro atoms. The average Bonchev–Trinajstić information content (AvgIpc) is 2.74. The van der Waals surface area contributed by atoms with Crippen molar-refractivity contribution in [3.05, 3.63) is 84.0 Å². The van der Waals surface area contributed by atoms with E-state index in [9.17, 15) is 13.6 Å². The molecule has 8 heteroatoms. The number of anilines is 1. The van der Waals surface area contributed by atoms with Crippen LogP contribution >= 0.6 is 0 Å². The van der Waals surface area contributed by atoms with Crippen LogP contribution in [0.1, 0.15) is 18.1 Å². The van der Waals surface area contributed by atoms with Crippen LogP contribution in [0, 0.1) is 11.8 Å². The minimum atomic E-state index is -0.691. The monoisotopic (exact) mass is 419 g/mol. The maximum absolute atomic E-state index is 14.5. The number of aromatic nitrogens is 2. The lowest BCUT2D eigenvalue weighted by molar-refractivity contribution is -0.115. The number of hydrogen-bond donors (Lipinski definition) is 1. The Balaban J connectivity index is 1.67. The second-order valence-corrected chi connectivity index (χ2v) is 6.42. The molecule has 0 atom stereocenters. The zero-order chi connectivity index (χ0) is 22.2. The first-order chi connectivity index (χ1) is 15.0. The summed E-state index contributed by atoms with van der Waals surface area (Å²) in [5.74, 6) is -1.24. The summed E-state index contributed by atoms with van der Waals surface area (Å²) in [6, 6.07) is 10.4. The molecule has 1 aromatic carbocycles. The summed E-state index contributed by atoms with van der Waals surface area (Å²) in [6.07, 6.45) is 5.92. The molecule has 156 valence electrons. The standard InChI is InChI=1S/C23H19F2N5O/c1-3-27-20(14-26-2)17-5-7-22(29-13-17)30-23(31)11-15-4-6-18(19(24)10-15)16-8-9-28-21(25)12-16/h3-10,12-14H,2,11H2,1H3,(H,29,30,31)/b20-14-,27-3-. The lowest BCUT2D eigenvalue weighted by Crippen LogP contribution is -2.15. The zero-order valence-electron chi connectivity index (χ0n) is 16.7. The highest BCUT2D eigenvalue weighted by molar-refractivity contribution is 5.91. The molecule has 0 aliphatic rings. The van der Waals surface area contributed by atoms with E-state index in [-0.39, 0.29) is 17.9 Å². The summed E-state index contributed by atoms with van der Waals surface area (Å²) in [4.78, 5) is 27.9. The van der Waals surface area contributed by atoms with Gasteiger partial charge in [0.2, 0.25) is 11.9 Å². The Morgan fingerprint density at radius 3 is 2.65 bits per heavy atom. The van der Waals surface area contributed by atoms with Gasteiger partial charge in [0.05, 0.1) is 18.3 Å². The molecular weight excluding hydrogens is 400 g/mol. The fraction of sp³-hybridized carbons (Fsp3) is 0.0870. The maximum atomic E-state index is 14.5. The van der Waals surface area contributed by atoms with Gasteiger partial charge in [0.25, 0.3) is 0 Å². The summed E-state index contributed by atoms with van der Waals surface area (Å²) in [5.41, 5.74) is 2.39. The predicted octanol–water partition coefficient (Wildman–Crippen LogP) is 4.69. The number of pyridine rings is 2. The van der Waals surface area contributed by atoms with E-state index >= 15 is 0 Å². The first-order valence-corrected chi connectivity index (χ1v) is 9.31. The van der Waals surface area contributed by atoms with E-state index < -0.39 is 11.8 Å². The van der Waals surface area contributed by atoms with Crippen molar-refractivity contribution in [1.29, 1.82) is 0 Å². The van der Waals surface area contributed by atoms with Crippen molar-refractivity contribution in [3.8, 4) is 11.1 Å². The third kappa shape index (κ3) is 5.72. The minimum Gasteiger partial charge on any atom is -0.310 e. The molecule has 0 unspecified atom stereocenters. The summed E-state index contributed by atoms with van der Waals surface area (Å²) in [5, 5.41) is 2.67. The van der Waals surface area contributed by atoms with Crippen molar-refractivity contribution in [3.63, 3.8) is 0 Å². The largest absolute Gasteiger partial charge is 0.310 e. The van der Waals surface area contributed by atoms with E-state index in [1.54, 1.807) is 37.5 Å². The summed E-state index contributed by atoms with van der Waals surface area (Å²) >= 11 is 0. The Labute approximate surface area is 178 Å². The lowest BCUT2D eigenvalue weighted by Gasteiger charge is -2.08. The van der Waals surface area contributed by atoms with Crippen LogP contribution in [0.5, 0.6) is 0 Å². The molecule has 1 N–H and O–H groups in total. The highest BCUT2D eigenvalue weighted by Crippen LogP contribution is 2.24. The van der Waals surface area contributed by atoms with Gasteiger partial charge in [0, 0.05) is 35.8 Å². The van der Waals surface area contributed by atoms with Crippen molar-refractivity contribution < 1.29 is 13.6 Å². The van der Waals surface area contributed by atoms with Gasteiger partial charge in [-0.3, -0.25) is 14.8 Å². The number of carbonyl (C=O) groups excluding carboxylic acids is 1. The number of halogens is 2. The molecule has 0 aliphatic carbocycles. The molecule has 0 saturated heterocycles. The third-order valence-electron chi connectivity index (χ3n) is 4.24. The highest BCUT2D eigenvalue weighted by Gasteiger charge is 2.11. The Morgan fingerprint density at radius 2 is 2.00 bits per heavy atom. The van der Waals surface area contributed by atoms with Crippen LogP contribution in [0.4, 0.5) is 14.6 Å². The molecular formula is C23H19F2N5O. The molecule has 0 aliphatic heterocycles. The molecule has 2 aromatic heterocycles. The van der Waals surface area contributed by atoms with E-state index in [2.05, 4.69) is 32.0 Å². The maximum Gasteiger partial charge on any atom is 0.229 e. The molecule has 1 amide bonds. The van der Waals surface area contributed by atoms with Crippen molar-refractivity contribution in [2.45, 2.75) is 13.3 Å². The van der Waals surface area contributed by atoms with Gasteiger partial charge >= 0.3 is 0 Å². The van der Waals surface area contributed by atoms with Crippen LogP contribution in [0.3, 0.4) is 0 Å². The highest BCUT2D eigenvalue weighted by atomic mass is 19.1. The number of hydrogen-bond acceptors (Lipinski definition) is 5. The third-order valence-corrected chi connectivity index (χ3v) is 4.24. The summed E-state index contributed by atoms with van der Waals surface area (Å²) < 4.78 is 27.8. The van der Waals surface area contributed by atoms with Crippen molar-refractivity contribution in [2.75, 3.05) is 5.32 Å². The number of nitrogens with zero attached hydrogens (tertiary/aromatic N) is 4. The Kier molecular flexibility index (Phi) is 7.05. The van der Waals surface area contributed by atoms with Crippen LogP contribution in [0.2, 0.25) is 0 Å². The molecule has 0 saturated carbocycles. The number of aliphatic imine (C=N–C) groups is 2. The first kappa shape index (κ1) is 21.6. The number of amides is 1. The molecule has 31 heavy (non-hydrogen) atoms. The second-order valence-electron chi connectivity index (χ2n) is 6.42. The Morgan fingerprint density at radius 1 is 1.16 bits per heavy atom. The normalized spacial score (nSPS) is 11.5. The van der Waals surface area contributed by atoms with Crippen LogP contribution in [-0.4, -0.2) is 28.8 Å². The van der Waals surface area contributed by atoms with Gasteiger partial charge in [-0.15, -0.1) is 0 Å². The quantitative estimate of drug-likeness (QED) is 0.446. The molecule has 6 nitrogen and oxygen atoms in total. The number of rotatable bonds is 7. The van der Waals surface area contributed by atoms with Crippen LogP contribution in [-0.2, 0) is 11.2 Å². The van der Waals surface area contributed by atoms with Gasteiger partial charge in [0.1, 0.15) is 11.6 Å². The average molecular weight is 419 g/mol. The van der Waals surface area contributed by atoms with Crippen LogP contribution in [0.25, 0.3) is 16.8 Å². The van der Waals surface area contributed by atoms with E-state index in [0.717, 1.165) is 6.07 Å². The smallest absolute Gasteiger partial charge is 0.229 e. The molecule has 0 radical (unpaired) electrons. The number of carbonyl (C=O) groups is 1. The van der Waals surface area contributed by atoms with Crippen LogP contribution < -0.4 is 5.32 Å². The van der Waals surface area contributed by atoms with Gasteiger partial charge in [-0.2, -0.15) is 4.39 Å². The number of benzene rings is 1. The Hall–Kier alpha value is -4.07. The van der Waals surface area contributed by atoms with E-state index in [1.165, 1.54) is 30.6 Å². The molecule has 3 aromatic rings. The molecule has 3 rings (SSSR count). The lowest BCUT2D eigenvalue weighted by atomic mass is 10.0. The fourth-order valence-corrected chi connectivity index (χ4v) is 2.87. The molecule has 2 heterocycles. The predicted molar refractivity (Wildman–Crippen MR) is 118 cm³/mol. The van der Waals surface area contributed by atoms with E-state index in [4.69, 9.17) is 0 Å². The minimum absolute atomic E-state index is 0.0446. The SMILES string of the molecule is C=N/C=C(\N=C/C)c1ccc(NC(=O)Cc2ccc(-c3ccnc(F)c3)c(F)c2)nc1. The second kappa shape index (κ2) is 10.1. The van der Waals surface area contributed by atoms with Crippen molar-refractivity contribution in [2.24, 2.45) is 9.98 Å². The van der Waals surface area contributed by atoms with Crippen LogP contribution in [0.15, 0.2) is 71.0 Å². The van der Waals surface area contributed by atoms with E-state index in [1.807, 2.05) is 0 Å². The zero-order valence-corrected chi connectivity index (χ0v) is 16.7. The van der Waals surface area contributed by atoms with Gasteiger partial charge in [0.15, 0.2) is 0 Å². The van der Waals surface area contributed by atoms with E-state index in [0.29, 0.717) is 28.2 Å². The van der Waals surface area contributed by atoms with Gasteiger partial charge in [-0.1, -0.05) is 12.1 Å². The van der Waals surface area contributed by atoms with Gasteiger partial charge < -0.3 is 5.32 Å². The molecule has 0 fully saturated rings. The number of nitrogens with one attached hydrogen (secondary N) is 1. The summed E-state index contributed by atoms with van der Waals surface area (Å²) in [7, 11) is 0. The fourth-order valence-electron chi connectivity index (χ4n) is 2.87. The van der Waals surface area contributed by atoms with Gasteiger partial charge in [-0.25, -0.2) is 14.4 Å². The summed E-state index contributed by atoms with van der Waals surface area (Å²) in [6.45, 7) is 5.20. The Bertz CT molecular complexity index is 1160. The molecule has 0 bridgehead atoms. The van der Waals surface area contributed by atoms with Crippen molar-refractivity contribution in [1.82, 2.24) is 9.97 Å². The van der Waals surface area contributed by atoms with Crippen molar-refractivity contribution >= 4 is 30.4 Å². The van der Waals surface area contributed by atoms with Gasteiger partial charge in [-0.05, 0) is 49.0 Å².